The van der Waals surface area contributed by atoms with Gasteiger partial charge in [0.2, 0.25) is 0 Å². The van der Waals surface area contributed by atoms with Crippen molar-refractivity contribution in [2.75, 3.05) is 13.2 Å². The highest BCUT2D eigenvalue weighted by molar-refractivity contribution is 7.92. The molecule has 2 unspecified atom stereocenters. The Morgan fingerprint density at radius 2 is 1.79 bits per heavy atom. The van der Waals surface area contributed by atoms with Crippen molar-refractivity contribution in [2.24, 2.45) is 5.92 Å². The van der Waals surface area contributed by atoms with E-state index in [0.717, 1.165) is 24.2 Å². The summed E-state index contributed by atoms with van der Waals surface area (Å²) in [6.45, 7) is 7.15. The maximum atomic E-state index is 15.0. The lowest BCUT2D eigenvalue weighted by Crippen LogP contribution is -2.45. The Balaban J connectivity index is 2.03. The zero-order valence-corrected chi connectivity index (χ0v) is 21.6. The van der Waals surface area contributed by atoms with E-state index in [0.29, 0.717) is 11.6 Å². The Bertz CT molecular complexity index is 1120. The fourth-order valence-electron chi connectivity index (χ4n) is 4.22. The van der Waals surface area contributed by atoms with Gasteiger partial charge in [0.15, 0.2) is 9.84 Å². The van der Waals surface area contributed by atoms with Gasteiger partial charge in [-0.2, -0.15) is 0 Å². The average molecular weight is 515 g/mol. The van der Waals surface area contributed by atoms with E-state index in [2.05, 4.69) is 19.6 Å². The quantitative estimate of drug-likeness (QED) is 0.319. The van der Waals surface area contributed by atoms with Crippen molar-refractivity contribution in [2.45, 2.75) is 54.6 Å². The molecule has 0 N–H and O–H groups in total. The van der Waals surface area contributed by atoms with Gasteiger partial charge in [-0.1, -0.05) is 31.2 Å². The number of hydrogen-bond acceptors (Lipinski definition) is 4. The van der Waals surface area contributed by atoms with Gasteiger partial charge in [-0.3, -0.25) is 4.79 Å². The van der Waals surface area contributed by atoms with Crippen LogP contribution in [-0.2, 0) is 24.1 Å². The minimum atomic E-state index is -4.21. The molecule has 0 aromatic heterocycles. The van der Waals surface area contributed by atoms with Gasteiger partial charge in [0, 0.05) is 37.6 Å². The molecule has 1 fully saturated rings. The minimum Gasteiger partial charge on any atom is -0.381 e. The fraction of sp³-hybridized carbons (Fsp3) is 0.458. The molecule has 180 valence electrons. The van der Waals surface area contributed by atoms with Gasteiger partial charge in [-0.05, 0) is 61.4 Å². The average Bonchev–Trinajstić information content (AvgIpc) is 2.74. The lowest BCUT2D eigenvalue weighted by Gasteiger charge is -2.40. The Kier molecular flexibility index (Phi) is 7.83. The van der Waals surface area contributed by atoms with Crippen LogP contribution in [0, 0.1) is 17.6 Å². The molecule has 0 radical (unpaired) electrons. The molecule has 1 aliphatic rings. The second kappa shape index (κ2) is 9.94. The number of ether oxygens (including phenoxy) is 1. The van der Waals surface area contributed by atoms with E-state index >= 15 is 4.39 Å². The molecule has 0 amide bonds. The highest BCUT2D eigenvalue weighted by Crippen LogP contribution is 2.49. The van der Waals surface area contributed by atoms with E-state index in [4.69, 9.17) is 16.3 Å². The summed E-state index contributed by atoms with van der Waals surface area (Å²) in [7, 11) is -5.55. The van der Waals surface area contributed by atoms with Crippen molar-refractivity contribution in [1.29, 1.82) is 0 Å². The molecule has 1 aliphatic carbocycles. The van der Waals surface area contributed by atoms with Gasteiger partial charge >= 0.3 is 0 Å². The SMILES string of the molecule is C[Si](C)(C)CCOCC1CC(c2cc(F)ccc2F)(S(=O)(=O)c2ccc(Cl)cc2)CCC1=O. The normalized spacial score (nSPS) is 21.9. The third-order valence-corrected chi connectivity index (χ3v) is 10.6. The van der Waals surface area contributed by atoms with Crippen LogP contribution in [0.25, 0.3) is 0 Å². The van der Waals surface area contributed by atoms with Crippen LogP contribution in [0.2, 0.25) is 30.7 Å². The number of carbonyl (C=O) groups excluding carboxylic acids is 1. The highest BCUT2D eigenvalue weighted by atomic mass is 35.5. The zero-order chi connectivity index (χ0) is 24.4. The van der Waals surface area contributed by atoms with Gasteiger partial charge in [0.05, 0.1) is 11.5 Å². The molecule has 2 aromatic carbocycles. The molecular weight excluding hydrogens is 486 g/mol. The summed E-state index contributed by atoms with van der Waals surface area (Å²) in [4.78, 5) is 12.7. The van der Waals surface area contributed by atoms with Crippen LogP contribution in [0.1, 0.15) is 24.8 Å². The first-order valence-corrected chi connectivity index (χ1v) is 16.5. The molecule has 2 atom stereocenters. The molecule has 4 nitrogen and oxygen atoms in total. The van der Waals surface area contributed by atoms with Gasteiger partial charge in [0.25, 0.3) is 0 Å². The molecule has 3 rings (SSSR count). The number of rotatable bonds is 8. The fourth-order valence-corrected chi connectivity index (χ4v) is 7.28. The van der Waals surface area contributed by atoms with E-state index in [9.17, 15) is 17.6 Å². The number of benzene rings is 2. The van der Waals surface area contributed by atoms with Crippen LogP contribution in [0.15, 0.2) is 47.4 Å². The van der Waals surface area contributed by atoms with Gasteiger partial charge in [0.1, 0.15) is 22.2 Å². The van der Waals surface area contributed by atoms with Crippen molar-refractivity contribution < 1.29 is 26.7 Å². The molecule has 0 spiro atoms. The van der Waals surface area contributed by atoms with Crippen LogP contribution in [0.3, 0.4) is 0 Å². The predicted octanol–water partition coefficient (Wildman–Crippen LogP) is 6.01. The summed E-state index contributed by atoms with van der Waals surface area (Å²) in [5.41, 5.74) is -0.253. The van der Waals surface area contributed by atoms with Crippen molar-refractivity contribution in [3.63, 3.8) is 0 Å². The van der Waals surface area contributed by atoms with Gasteiger partial charge in [-0.15, -0.1) is 0 Å². The van der Waals surface area contributed by atoms with Crippen molar-refractivity contribution in [3.8, 4) is 0 Å². The highest BCUT2D eigenvalue weighted by Gasteiger charge is 2.52. The number of hydrogen-bond donors (Lipinski definition) is 0. The molecule has 2 aromatic rings. The maximum absolute atomic E-state index is 15.0. The lowest BCUT2D eigenvalue weighted by atomic mass is 9.76. The summed E-state index contributed by atoms with van der Waals surface area (Å²) >= 11 is 5.93. The van der Waals surface area contributed by atoms with Gasteiger partial charge in [-0.25, -0.2) is 17.2 Å². The number of carbonyl (C=O) groups is 1. The predicted molar refractivity (Wildman–Crippen MR) is 128 cm³/mol. The Morgan fingerprint density at radius 1 is 1.12 bits per heavy atom. The summed E-state index contributed by atoms with van der Waals surface area (Å²) in [6, 6.07) is 9.30. The topological polar surface area (TPSA) is 60.4 Å². The molecule has 33 heavy (non-hydrogen) atoms. The minimum absolute atomic E-state index is 0.0525. The van der Waals surface area contributed by atoms with E-state index in [1.807, 2.05) is 0 Å². The summed E-state index contributed by atoms with van der Waals surface area (Å²) < 4.78 is 61.0. The number of sulfone groups is 1. The van der Waals surface area contributed by atoms with Crippen LogP contribution in [0.5, 0.6) is 0 Å². The summed E-state index contributed by atoms with van der Waals surface area (Å²) in [5.74, 6) is -2.41. The van der Waals surface area contributed by atoms with Crippen LogP contribution < -0.4 is 0 Å². The van der Waals surface area contributed by atoms with Gasteiger partial charge < -0.3 is 4.74 Å². The standard InChI is InChI=1S/C24H29ClF2O4SSi/c1-33(2,3)13-12-31-16-17-15-24(11-10-23(17)28,21-14-19(26)6-9-22(21)27)32(29,30)20-7-4-18(25)5-8-20/h4-9,14,17H,10-13,15-16H2,1-3H3. The molecule has 0 bridgehead atoms. The Labute approximate surface area is 200 Å². The summed E-state index contributed by atoms with van der Waals surface area (Å²) in [6.07, 6.45) is -0.377. The first-order chi connectivity index (χ1) is 15.4. The van der Waals surface area contributed by atoms with E-state index < -0.39 is 40.2 Å². The van der Waals surface area contributed by atoms with Crippen LogP contribution in [0.4, 0.5) is 8.78 Å². The lowest BCUT2D eigenvalue weighted by molar-refractivity contribution is -0.127. The molecule has 1 saturated carbocycles. The number of ketones is 1. The van der Waals surface area contributed by atoms with Crippen molar-refractivity contribution in [1.82, 2.24) is 0 Å². The third-order valence-electron chi connectivity index (χ3n) is 6.18. The Morgan fingerprint density at radius 3 is 2.42 bits per heavy atom. The molecule has 0 aliphatic heterocycles. The zero-order valence-electron chi connectivity index (χ0n) is 19.0. The van der Waals surface area contributed by atoms with E-state index in [1.165, 1.54) is 24.3 Å². The largest absolute Gasteiger partial charge is 0.381 e. The molecular formula is C24H29ClF2O4SSi. The van der Waals surface area contributed by atoms with Crippen LogP contribution >= 0.6 is 11.6 Å². The van der Waals surface area contributed by atoms with Crippen molar-refractivity contribution >= 4 is 35.3 Å². The van der Waals surface area contributed by atoms with E-state index in [1.54, 1.807) is 0 Å². The molecule has 9 heteroatoms. The van der Waals surface area contributed by atoms with E-state index in [-0.39, 0.29) is 42.1 Å². The first-order valence-electron chi connectivity index (χ1n) is 10.9. The summed E-state index contributed by atoms with van der Waals surface area (Å²) in [5, 5.41) is 0.354. The maximum Gasteiger partial charge on any atom is 0.188 e. The smallest absolute Gasteiger partial charge is 0.188 e. The second-order valence-corrected chi connectivity index (χ2v) is 18.1. The third kappa shape index (κ3) is 5.73. The second-order valence-electron chi connectivity index (χ2n) is 9.83. The molecule has 0 heterocycles. The van der Waals surface area contributed by atoms with Crippen molar-refractivity contribution in [3.05, 3.63) is 64.7 Å². The number of halogens is 3. The van der Waals surface area contributed by atoms with Crippen LogP contribution in [-0.4, -0.2) is 35.5 Å². The number of Topliss-reactive ketones (excluding diaryl/α,β-unsaturated/α-hetero) is 1. The molecule has 0 saturated heterocycles. The first kappa shape index (κ1) is 26.0. The monoisotopic (exact) mass is 514 g/mol. The Hall–Kier alpha value is -1.61.